The topological polar surface area (TPSA) is 161 Å². The van der Waals surface area contributed by atoms with Gasteiger partial charge >= 0.3 is 6.09 Å². The minimum atomic E-state index is -3.72. The van der Waals surface area contributed by atoms with Crippen molar-refractivity contribution in [3.8, 4) is 22.9 Å². The number of nitrogens with one attached hydrogen (secondary N) is 3. The van der Waals surface area contributed by atoms with Gasteiger partial charge in [-0.3, -0.25) is 14.4 Å². The van der Waals surface area contributed by atoms with Gasteiger partial charge in [0.15, 0.2) is 5.13 Å². The van der Waals surface area contributed by atoms with E-state index in [9.17, 15) is 18.0 Å². The molecule has 2 saturated heterocycles. The predicted molar refractivity (Wildman–Crippen MR) is 228 cm³/mol. The number of anilines is 1. The normalized spacial score (nSPS) is 25.9. The second-order valence-electron chi connectivity index (χ2n) is 18.0. The highest BCUT2D eigenvalue weighted by atomic mass is 32.2. The predicted octanol–water partition coefficient (Wildman–Crippen LogP) is 8.31. The lowest BCUT2D eigenvalue weighted by Gasteiger charge is -2.30. The molecule has 2 aliphatic heterocycles. The molecule has 1 spiro atoms. The number of pyridine rings is 1. The van der Waals surface area contributed by atoms with E-state index < -0.39 is 50.1 Å². The number of methoxy groups -OCH3 is 1. The Labute approximate surface area is 347 Å². The monoisotopic (exact) mass is 836 g/mol. The van der Waals surface area contributed by atoms with Crippen molar-refractivity contribution in [2.24, 2.45) is 5.92 Å². The number of carbonyl (C=O) groups excluding carboxylic acids is 2. The van der Waals surface area contributed by atoms with E-state index in [0.717, 1.165) is 61.9 Å². The molecule has 4 heterocycles. The zero-order valence-electron chi connectivity index (χ0n) is 34.8. The smallest absolute Gasteiger partial charge is 0.411 e. The summed E-state index contributed by atoms with van der Waals surface area (Å²) in [5.41, 5.74) is 0.483. The molecule has 316 valence electrons. The van der Waals surface area contributed by atoms with Crippen molar-refractivity contribution in [1.29, 1.82) is 0 Å². The fraction of sp³-hybridized carbons (Fsp3) is 0.628. The van der Waals surface area contributed by atoms with E-state index >= 15 is 0 Å². The first kappa shape index (κ1) is 42.0. The molecule has 4 atom stereocenters. The number of hydrogen-bond donors (Lipinski definition) is 3. The Morgan fingerprint density at radius 1 is 1.02 bits per heavy atom. The molecule has 3 N–H and O–H groups in total. The Kier molecular flexibility index (Phi) is 12.0. The summed E-state index contributed by atoms with van der Waals surface area (Å²) in [5.74, 6) is 0.801. The van der Waals surface area contributed by atoms with Crippen molar-refractivity contribution >= 4 is 49.4 Å². The van der Waals surface area contributed by atoms with Gasteiger partial charge in [0.05, 0.1) is 35.2 Å². The number of aromatic nitrogens is 2. The number of rotatable bonds is 8. The summed E-state index contributed by atoms with van der Waals surface area (Å²) in [6.45, 7) is 13.8. The van der Waals surface area contributed by atoms with Crippen molar-refractivity contribution in [1.82, 2.24) is 24.9 Å². The summed E-state index contributed by atoms with van der Waals surface area (Å²) in [7, 11) is -2.12. The summed E-state index contributed by atoms with van der Waals surface area (Å²) in [6, 6.07) is 6.69. The van der Waals surface area contributed by atoms with Crippen molar-refractivity contribution in [2.45, 2.75) is 152 Å². The molecule has 3 aromatic rings. The highest BCUT2D eigenvalue weighted by molar-refractivity contribution is 7.91. The largest absolute Gasteiger partial charge is 0.497 e. The van der Waals surface area contributed by atoms with Crippen molar-refractivity contribution in [3.63, 3.8) is 0 Å². The molecular formula is C43H60N6O7S2. The molecule has 7 rings (SSSR count). The second kappa shape index (κ2) is 16.5. The first-order chi connectivity index (χ1) is 27.5. The van der Waals surface area contributed by atoms with E-state index in [1.807, 2.05) is 29.6 Å². The highest BCUT2D eigenvalue weighted by Crippen LogP contribution is 2.53. The molecule has 2 amide bonds. The lowest BCUT2D eigenvalue weighted by molar-refractivity contribution is -0.126. The Bertz CT molecular complexity index is 2130. The minimum absolute atomic E-state index is 0.0240. The van der Waals surface area contributed by atoms with Crippen molar-refractivity contribution < 1.29 is 32.2 Å². The molecule has 0 radical (unpaired) electrons. The number of carbonyl (C=O) groups is 2. The van der Waals surface area contributed by atoms with Crippen LogP contribution in [0.3, 0.4) is 0 Å². The highest BCUT2D eigenvalue weighted by Gasteiger charge is 2.61. The average molecular weight is 837 g/mol. The average Bonchev–Trinajstić information content (AvgIpc) is 3.98. The van der Waals surface area contributed by atoms with Crippen LogP contribution in [0.5, 0.6) is 11.5 Å². The van der Waals surface area contributed by atoms with Crippen LogP contribution in [-0.2, 0) is 19.6 Å². The van der Waals surface area contributed by atoms with Gasteiger partial charge < -0.3 is 24.8 Å². The van der Waals surface area contributed by atoms with Crippen LogP contribution < -0.4 is 24.8 Å². The van der Waals surface area contributed by atoms with E-state index in [1.165, 1.54) is 16.2 Å². The van der Waals surface area contributed by atoms with Crippen LogP contribution in [0.4, 0.5) is 9.93 Å². The lowest BCUT2D eigenvalue weighted by Crippen LogP contribution is -2.53. The third-order valence-electron chi connectivity index (χ3n) is 12.0. The summed E-state index contributed by atoms with van der Waals surface area (Å²) in [6.07, 6.45) is 9.70. The van der Waals surface area contributed by atoms with E-state index in [0.29, 0.717) is 59.8 Å². The third kappa shape index (κ3) is 9.20. The first-order valence-electron chi connectivity index (χ1n) is 20.9. The third-order valence-corrected chi connectivity index (χ3v) is 15.0. The maximum atomic E-state index is 14.6. The lowest BCUT2D eigenvalue weighted by atomic mass is 10.0. The molecular weight excluding hydrogens is 777 g/mol. The zero-order valence-corrected chi connectivity index (χ0v) is 36.5. The van der Waals surface area contributed by atoms with Gasteiger partial charge in [-0.2, -0.15) is 0 Å². The van der Waals surface area contributed by atoms with Crippen LogP contribution in [0.25, 0.3) is 22.3 Å². The van der Waals surface area contributed by atoms with Crippen LogP contribution in [0.2, 0.25) is 0 Å². The van der Waals surface area contributed by atoms with Gasteiger partial charge in [0.1, 0.15) is 34.9 Å². The number of thiazole rings is 1. The van der Waals surface area contributed by atoms with E-state index in [1.54, 1.807) is 27.9 Å². The molecule has 0 unspecified atom stereocenters. The van der Waals surface area contributed by atoms with Crippen LogP contribution in [-0.4, -0.2) is 83.0 Å². The van der Waals surface area contributed by atoms with Crippen LogP contribution >= 0.6 is 11.3 Å². The van der Waals surface area contributed by atoms with Gasteiger partial charge in [-0.15, -0.1) is 11.3 Å². The molecule has 2 aliphatic carbocycles. The maximum absolute atomic E-state index is 14.6. The number of sulfonamides is 1. The van der Waals surface area contributed by atoms with Gasteiger partial charge in [0.2, 0.25) is 15.9 Å². The zero-order chi connectivity index (χ0) is 41.5. The summed E-state index contributed by atoms with van der Waals surface area (Å²) in [4.78, 5) is 39.6. The molecule has 2 saturated carbocycles. The van der Waals surface area contributed by atoms with Crippen molar-refractivity contribution in [2.75, 3.05) is 19.0 Å². The summed E-state index contributed by atoms with van der Waals surface area (Å²) in [5, 5.41) is 10.1. The molecule has 0 bridgehead atoms. The standard InChI is InChI=1S/C43H60N6O7S2/c1-27(2)44-39-46-35(26-57-39)34-23-37(32-17-16-30(54-7)21-33(32)45-34)55-31-22-36(49(25-31)40(51)56-41(4,5)6)38(50)47-43-24-29(43)15-13-11-9-8-10-12-14-18-42(19-20-42)58(52,53)48-28(43)3/h16-17,21,23,26-27,29,31,36,48H,3,8-15,18-20,22,24-25H2,1-2,4-7H3,(H,44,46)(H,47,50)/t29-,31-,36+,43+/m1/s1. The molecule has 4 aliphatic rings. The molecule has 58 heavy (non-hydrogen) atoms. The molecule has 1 aromatic carbocycles. The van der Waals surface area contributed by atoms with E-state index in [4.69, 9.17) is 24.2 Å². The Hall–Kier alpha value is -4.11. The number of nitrogens with zero attached hydrogens (tertiary/aromatic N) is 3. The van der Waals surface area contributed by atoms with Gasteiger partial charge in [-0.25, -0.2) is 23.2 Å². The van der Waals surface area contributed by atoms with Gasteiger partial charge in [-0.1, -0.05) is 51.5 Å². The quantitative estimate of drug-likeness (QED) is 0.201. The van der Waals surface area contributed by atoms with E-state index in [-0.39, 0.29) is 24.9 Å². The molecule has 2 aromatic heterocycles. The maximum Gasteiger partial charge on any atom is 0.411 e. The van der Waals surface area contributed by atoms with Crippen LogP contribution in [0.15, 0.2) is 41.9 Å². The second-order valence-corrected chi connectivity index (χ2v) is 20.9. The number of benzene rings is 1. The molecule has 13 nitrogen and oxygen atoms in total. The van der Waals surface area contributed by atoms with Crippen LogP contribution in [0, 0.1) is 5.92 Å². The number of likely N-dealkylation sites (tertiary alicyclic amines) is 1. The Balaban J connectivity index is 1.16. The molecule has 15 heteroatoms. The summed E-state index contributed by atoms with van der Waals surface area (Å²) < 4.78 is 48.0. The molecule has 4 fully saturated rings. The number of amides is 2. The Morgan fingerprint density at radius 2 is 1.74 bits per heavy atom. The summed E-state index contributed by atoms with van der Waals surface area (Å²) >= 11 is 1.49. The minimum Gasteiger partial charge on any atom is -0.497 e. The number of ether oxygens (including phenoxy) is 3. The number of fused-ring (bicyclic) bond motifs is 2. The van der Waals surface area contributed by atoms with Gasteiger partial charge in [-0.05, 0) is 84.8 Å². The van der Waals surface area contributed by atoms with Crippen LogP contribution in [0.1, 0.15) is 118 Å². The van der Waals surface area contributed by atoms with Gasteiger partial charge in [0.25, 0.3) is 0 Å². The van der Waals surface area contributed by atoms with E-state index in [2.05, 4.69) is 35.8 Å². The van der Waals surface area contributed by atoms with Crippen molar-refractivity contribution in [3.05, 3.63) is 41.9 Å². The number of hydrogen-bond acceptors (Lipinski definition) is 11. The Morgan fingerprint density at radius 3 is 2.43 bits per heavy atom. The van der Waals surface area contributed by atoms with Gasteiger partial charge in [0, 0.05) is 41.1 Å². The first-order valence-corrected chi connectivity index (χ1v) is 23.3. The fourth-order valence-corrected chi connectivity index (χ4v) is 11.2. The fourth-order valence-electron chi connectivity index (χ4n) is 8.53. The SMILES string of the molecule is C=C1NS(=O)(=O)C2(CCCCCCCCC[C@@H]3C[C@]13NC(=O)[C@@H]1C[C@@H](Oc3cc(-c4csc(NC(C)C)n4)nc4cc(OC)ccc34)CN1C(=O)OC(C)(C)C)CC2.